The molecule has 0 aliphatic carbocycles. The maximum Gasteiger partial charge on any atom is 0.270 e. The third kappa shape index (κ3) is 1.88. The molecule has 0 bridgehead atoms. The van der Waals surface area contributed by atoms with Gasteiger partial charge in [-0.1, -0.05) is 0 Å². The zero-order valence-electron chi connectivity index (χ0n) is 8.79. The van der Waals surface area contributed by atoms with E-state index in [0.29, 0.717) is 30.1 Å². The van der Waals surface area contributed by atoms with Gasteiger partial charge >= 0.3 is 0 Å². The van der Waals surface area contributed by atoms with Crippen LogP contribution in [0.25, 0.3) is 0 Å². The molecule has 4 nitrogen and oxygen atoms in total. The number of carbonyl (C=O) groups is 1. The topological polar surface area (TPSA) is 50.7 Å². The van der Waals surface area contributed by atoms with Crippen molar-refractivity contribution in [2.75, 3.05) is 20.2 Å². The van der Waals surface area contributed by atoms with E-state index in [1.54, 1.807) is 0 Å². The minimum absolute atomic E-state index is 0.254. The smallest absolute Gasteiger partial charge is 0.270 e. The molecule has 1 amide bonds. The van der Waals surface area contributed by atoms with Crippen molar-refractivity contribution in [3.8, 4) is 5.75 Å². The van der Waals surface area contributed by atoms with Crippen LogP contribution in [0, 0.1) is 5.82 Å². The highest BCUT2D eigenvalue weighted by Gasteiger charge is 2.20. The standard InChI is InChI=1S/C11H11FN2O2/c1-16-9-6-7(12)2-3-8(9)10-11(15)14-5-4-13-10/h2-3,6H,4-5H2,1H3,(H,14,15). The van der Waals surface area contributed by atoms with Crippen LogP contribution in [-0.4, -0.2) is 31.8 Å². The van der Waals surface area contributed by atoms with Crippen molar-refractivity contribution >= 4 is 11.6 Å². The van der Waals surface area contributed by atoms with E-state index >= 15 is 0 Å². The average molecular weight is 222 g/mol. The van der Waals surface area contributed by atoms with E-state index in [0.717, 1.165) is 0 Å². The van der Waals surface area contributed by atoms with Crippen LogP contribution in [0.2, 0.25) is 0 Å². The highest BCUT2D eigenvalue weighted by Crippen LogP contribution is 2.21. The Kier molecular flexibility index (Phi) is 2.85. The van der Waals surface area contributed by atoms with E-state index in [1.807, 2.05) is 0 Å². The molecule has 1 heterocycles. The lowest BCUT2D eigenvalue weighted by molar-refractivity contribution is -0.114. The average Bonchev–Trinajstić information content (AvgIpc) is 2.30. The monoisotopic (exact) mass is 222 g/mol. The Morgan fingerprint density at radius 2 is 2.31 bits per heavy atom. The minimum Gasteiger partial charge on any atom is -0.496 e. The van der Waals surface area contributed by atoms with Crippen LogP contribution in [0.4, 0.5) is 4.39 Å². The fourth-order valence-corrected chi connectivity index (χ4v) is 1.56. The zero-order chi connectivity index (χ0) is 11.5. The largest absolute Gasteiger partial charge is 0.496 e. The number of halogens is 1. The molecule has 1 N–H and O–H groups in total. The Labute approximate surface area is 92.1 Å². The van der Waals surface area contributed by atoms with Gasteiger partial charge in [-0.3, -0.25) is 9.79 Å². The summed E-state index contributed by atoms with van der Waals surface area (Å²) < 4.78 is 18.0. The molecule has 0 spiro atoms. The second-order valence-corrected chi connectivity index (χ2v) is 3.33. The van der Waals surface area contributed by atoms with Gasteiger partial charge in [0.2, 0.25) is 0 Å². The van der Waals surface area contributed by atoms with Gasteiger partial charge in [-0.05, 0) is 12.1 Å². The zero-order valence-corrected chi connectivity index (χ0v) is 8.79. The summed E-state index contributed by atoms with van der Waals surface area (Å²) in [7, 11) is 1.43. The SMILES string of the molecule is COc1cc(F)ccc1C1=NCCNC1=O. The van der Waals surface area contributed by atoms with Crippen LogP contribution in [0.5, 0.6) is 5.75 Å². The van der Waals surface area contributed by atoms with E-state index in [9.17, 15) is 9.18 Å². The fourth-order valence-electron chi connectivity index (χ4n) is 1.56. The first-order valence-corrected chi connectivity index (χ1v) is 4.89. The summed E-state index contributed by atoms with van der Waals surface area (Å²) in [5.41, 5.74) is 0.809. The van der Waals surface area contributed by atoms with Crippen molar-refractivity contribution in [1.82, 2.24) is 5.32 Å². The van der Waals surface area contributed by atoms with Crippen molar-refractivity contribution in [3.63, 3.8) is 0 Å². The summed E-state index contributed by atoms with van der Waals surface area (Å²) >= 11 is 0. The second-order valence-electron chi connectivity index (χ2n) is 3.33. The van der Waals surface area contributed by atoms with E-state index in [2.05, 4.69) is 10.3 Å². The Bertz CT molecular complexity index is 457. The molecule has 0 fully saturated rings. The first-order valence-electron chi connectivity index (χ1n) is 4.89. The van der Waals surface area contributed by atoms with Crippen LogP contribution in [0.1, 0.15) is 5.56 Å². The highest BCUT2D eigenvalue weighted by molar-refractivity contribution is 6.46. The molecule has 1 aromatic carbocycles. The molecule has 1 aliphatic heterocycles. The van der Waals surface area contributed by atoms with Gasteiger partial charge in [-0.15, -0.1) is 0 Å². The molecule has 0 aromatic heterocycles. The van der Waals surface area contributed by atoms with Crippen molar-refractivity contribution in [2.24, 2.45) is 4.99 Å². The van der Waals surface area contributed by atoms with Crippen LogP contribution >= 0.6 is 0 Å². The van der Waals surface area contributed by atoms with Crippen molar-refractivity contribution < 1.29 is 13.9 Å². The predicted molar refractivity (Wildman–Crippen MR) is 57.4 cm³/mol. The molecule has 2 rings (SSSR count). The quantitative estimate of drug-likeness (QED) is 0.802. The molecule has 84 valence electrons. The van der Waals surface area contributed by atoms with Gasteiger partial charge in [0.1, 0.15) is 17.3 Å². The molecule has 0 saturated carbocycles. The van der Waals surface area contributed by atoms with E-state index in [4.69, 9.17) is 4.74 Å². The van der Waals surface area contributed by atoms with Crippen LogP contribution in [0.3, 0.4) is 0 Å². The van der Waals surface area contributed by atoms with Gasteiger partial charge in [0.25, 0.3) is 5.91 Å². The Morgan fingerprint density at radius 1 is 1.50 bits per heavy atom. The number of ether oxygens (including phenoxy) is 1. The lowest BCUT2D eigenvalue weighted by Crippen LogP contribution is -2.38. The number of hydrogen-bond acceptors (Lipinski definition) is 3. The highest BCUT2D eigenvalue weighted by atomic mass is 19.1. The van der Waals surface area contributed by atoms with E-state index in [1.165, 1.54) is 25.3 Å². The van der Waals surface area contributed by atoms with Crippen LogP contribution in [0.15, 0.2) is 23.2 Å². The summed E-state index contributed by atoms with van der Waals surface area (Å²) in [4.78, 5) is 15.7. The summed E-state index contributed by atoms with van der Waals surface area (Å²) in [5, 5.41) is 2.68. The Balaban J connectivity index is 2.46. The number of carbonyl (C=O) groups excluding carboxylic acids is 1. The Hall–Kier alpha value is -1.91. The molecule has 0 unspecified atom stereocenters. The third-order valence-electron chi connectivity index (χ3n) is 2.30. The van der Waals surface area contributed by atoms with E-state index in [-0.39, 0.29) is 5.91 Å². The van der Waals surface area contributed by atoms with Gasteiger partial charge in [0.15, 0.2) is 0 Å². The normalized spacial score (nSPS) is 15.4. The van der Waals surface area contributed by atoms with Crippen molar-refractivity contribution in [1.29, 1.82) is 0 Å². The van der Waals surface area contributed by atoms with Gasteiger partial charge in [-0.25, -0.2) is 4.39 Å². The maximum atomic E-state index is 13.0. The molecule has 0 radical (unpaired) electrons. The number of benzene rings is 1. The lowest BCUT2D eigenvalue weighted by atomic mass is 10.1. The second kappa shape index (κ2) is 4.30. The first kappa shape index (κ1) is 10.6. The number of nitrogens with one attached hydrogen (secondary N) is 1. The summed E-state index contributed by atoms with van der Waals surface area (Å²) in [6, 6.07) is 4.01. The number of hydrogen-bond donors (Lipinski definition) is 1. The first-order chi connectivity index (χ1) is 7.72. The molecular formula is C11H11FN2O2. The number of amides is 1. The minimum atomic E-state index is -0.405. The number of aliphatic imine (C=N–C) groups is 1. The van der Waals surface area contributed by atoms with Crippen LogP contribution in [-0.2, 0) is 4.79 Å². The summed E-state index contributed by atoms with van der Waals surface area (Å²) in [6.07, 6.45) is 0. The number of rotatable bonds is 2. The number of nitrogens with zero attached hydrogens (tertiary/aromatic N) is 1. The molecule has 1 aliphatic rings. The van der Waals surface area contributed by atoms with Gasteiger partial charge in [-0.2, -0.15) is 0 Å². The van der Waals surface area contributed by atoms with E-state index < -0.39 is 5.82 Å². The van der Waals surface area contributed by atoms with Gasteiger partial charge in [0.05, 0.1) is 13.7 Å². The summed E-state index contributed by atoms with van der Waals surface area (Å²) in [6.45, 7) is 1.06. The Morgan fingerprint density at radius 3 is 3.00 bits per heavy atom. The van der Waals surface area contributed by atoms with Crippen LogP contribution < -0.4 is 10.1 Å². The summed E-state index contributed by atoms with van der Waals surface area (Å²) in [5.74, 6) is -0.343. The maximum absolute atomic E-state index is 13.0. The molecule has 16 heavy (non-hydrogen) atoms. The molecule has 0 saturated heterocycles. The van der Waals surface area contributed by atoms with Gasteiger partial charge in [0, 0.05) is 18.2 Å². The molecular weight excluding hydrogens is 211 g/mol. The van der Waals surface area contributed by atoms with Crippen molar-refractivity contribution in [2.45, 2.75) is 0 Å². The molecule has 1 aromatic rings. The van der Waals surface area contributed by atoms with Crippen molar-refractivity contribution in [3.05, 3.63) is 29.6 Å². The lowest BCUT2D eigenvalue weighted by Gasteiger charge is -2.15. The third-order valence-corrected chi connectivity index (χ3v) is 2.30. The molecule has 0 atom stereocenters. The predicted octanol–water partition coefficient (Wildman–Crippen LogP) is 0.753. The fraction of sp³-hybridized carbons (Fsp3) is 0.273. The number of methoxy groups -OCH3 is 1. The molecule has 5 heteroatoms. The van der Waals surface area contributed by atoms with Gasteiger partial charge < -0.3 is 10.1 Å².